The molecule has 0 bridgehead atoms. The summed E-state index contributed by atoms with van der Waals surface area (Å²) in [6.45, 7) is 0.441. The smallest absolute Gasteiger partial charge is 0.316 e. The summed E-state index contributed by atoms with van der Waals surface area (Å²) in [6, 6.07) is 9.86. The number of hydrogen-bond donors (Lipinski definition) is 0. The maximum absolute atomic E-state index is 13.4. The van der Waals surface area contributed by atoms with Crippen molar-refractivity contribution in [2.24, 2.45) is 0 Å². The number of aryl methyl sites for hydroxylation is 2. The molecule has 0 spiro atoms. The lowest BCUT2D eigenvalue weighted by Crippen LogP contribution is -2.24. The molecule has 1 aliphatic carbocycles. The first-order valence-corrected chi connectivity index (χ1v) is 10.8. The maximum atomic E-state index is 13.4. The number of ether oxygens (including phenoxy) is 1. The van der Waals surface area contributed by atoms with Crippen LogP contribution in [0.3, 0.4) is 0 Å². The van der Waals surface area contributed by atoms with Crippen LogP contribution in [0.4, 0.5) is 0 Å². The van der Waals surface area contributed by atoms with Crippen LogP contribution in [0.2, 0.25) is 0 Å². The molecular weight excluding hydrogens is 380 g/mol. The number of esters is 1. The molecule has 1 aromatic carbocycles. The van der Waals surface area contributed by atoms with Gasteiger partial charge in [-0.05, 0) is 36.8 Å². The molecule has 1 aliphatic rings. The summed E-state index contributed by atoms with van der Waals surface area (Å²) in [5.74, 6) is -0.194. The van der Waals surface area contributed by atoms with E-state index in [-0.39, 0.29) is 17.3 Å². The zero-order valence-electron chi connectivity index (χ0n) is 15.1. The van der Waals surface area contributed by atoms with E-state index in [2.05, 4.69) is 0 Å². The van der Waals surface area contributed by atoms with Crippen LogP contribution in [-0.4, -0.2) is 28.4 Å². The SMILES string of the molecule is COC(=O)CSc1nc2sc3c(c2c(=O)n1Cc1ccccc1)CCCC3. The number of carbonyl (C=O) groups is 1. The largest absolute Gasteiger partial charge is 0.468 e. The second-order valence-corrected chi connectivity index (χ2v) is 8.55. The van der Waals surface area contributed by atoms with Crippen LogP contribution in [0.15, 0.2) is 40.3 Å². The molecule has 27 heavy (non-hydrogen) atoms. The van der Waals surface area contributed by atoms with Gasteiger partial charge >= 0.3 is 5.97 Å². The zero-order chi connectivity index (χ0) is 18.8. The Balaban J connectivity index is 1.83. The first-order chi connectivity index (χ1) is 13.2. The first-order valence-electron chi connectivity index (χ1n) is 8.96. The second-order valence-electron chi connectivity index (χ2n) is 6.53. The highest BCUT2D eigenvalue weighted by Crippen LogP contribution is 2.34. The van der Waals surface area contributed by atoms with Gasteiger partial charge in [0.15, 0.2) is 5.16 Å². The van der Waals surface area contributed by atoms with Gasteiger partial charge < -0.3 is 4.74 Å². The van der Waals surface area contributed by atoms with Crippen LogP contribution in [0.25, 0.3) is 10.2 Å². The lowest BCUT2D eigenvalue weighted by Gasteiger charge is -2.13. The highest BCUT2D eigenvalue weighted by Gasteiger charge is 2.22. The highest BCUT2D eigenvalue weighted by molar-refractivity contribution is 7.99. The molecule has 4 rings (SSSR count). The van der Waals surface area contributed by atoms with Crippen LogP contribution in [-0.2, 0) is 28.9 Å². The topological polar surface area (TPSA) is 61.2 Å². The van der Waals surface area contributed by atoms with E-state index >= 15 is 0 Å². The molecule has 0 atom stereocenters. The van der Waals surface area contributed by atoms with Crippen molar-refractivity contribution >= 4 is 39.3 Å². The Morgan fingerprint density at radius 1 is 1.26 bits per heavy atom. The van der Waals surface area contributed by atoms with E-state index in [0.717, 1.165) is 35.0 Å². The molecule has 0 amide bonds. The molecule has 2 aromatic heterocycles. The van der Waals surface area contributed by atoms with Crippen molar-refractivity contribution < 1.29 is 9.53 Å². The average molecular weight is 401 g/mol. The van der Waals surface area contributed by atoms with Crippen molar-refractivity contribution in [3.63, 3.8) is 0 Å². The number of rotatable bonds is 5. The number of thiophene rings is 1. The third kappa shape index (κ3) is 3.66. The van der Waals surface area contributed by atoms with E-state index in [1.165, 1.54) is 35.7 Å². The Labute approximate surface area is 165 Å². The number of methoxy groups -OCH3 is 1. The quantitative estimate of drug-likeness (QED) is 0.372. The fourth-order valence-corrected chi connectivity index (χ4v) is 5.55. The summed E-state index contributed by atoms with van der Waals surface area (Å²) in [6.07, 6.45) is 4.27. The van der Waals surface area contributed by atoms with Crippen molar-refractivity contribution in [2.45, 2.75) is 37.4 Å². The van der Waals surface area contributed by atoms with E-state index in [9.17, 15) is 9.59 Å². The summed E-state index contributed by atoms with van der Waals surface area (Å²) in [4.78, 5) is 31.9. The van der Waals surface area contributed by atoms with E-state index in [4.69, 9.17) is 9.72 Å². The number of nitrogens with zero attached hydrogens (tertiary/aromatic N) is 2. The standard InChI is InChI=1S/C20H20N2O3S2/c1-25-16(23)12-26-20-21-18-17(14-9-5-6-10-15(14)27-18)19(24)22(20)11-13-7-3-2-4-8-13/h2-4,7-8H,5-6,9-12H2,1H3. The summed E-state index contributed by atoms with van der Waals surface area (Å²) in [5.41, 5.74) is 2.21. The highest BCUT2D eigenvalue weighted by atomic mass is 32.2. The summed E-state index contributed by atoms with van der Waals surface area (Å²) in [7, 11) is 1.36. The number of carbonyl (C=O) groups excluding carboxylic acids is 1. The van der Waals surface area contributed by atoms with Gasteiger partial charge in [-0.1, -0.05) is 42.1 Å². The van der Waals surface area contributed by atoms with Gasteiger partial charge in [-0.2, -0.15) is 0 Å². The monoisotopic (exact) mass is 400 g/mol. The lowest BCUT2D eigenvalue weighted by atomic mass is 9.97. The molecule has 0 aliphatic heterocycles. The predicted octanol–water partition coefficient (Wildman–Crippen LogP) is 3.65. The first kappa shape index (κ1) is 18.3. The molecule has 3 aromatic rings. The van der Waals surface area contributed by atoms with Crippen LogP contribution < -0.4 is 5.56 Å². The van der Waals surface area contributed by atoms with Crippen molar-refractivity contribution in [1.82, 2.24) is 9.55 Å². The predicted molar refractivity (Wildman–Crippen MR) is 109 cm³/mol. The van der Waals surface area contributed by atoms with Crippen molar-refractivity contribution in [3.8, 4) is 0 Å². The summed E-state index contributed by atoms with van der Waals surface area (Å²) < 4.78 is 6.44. The molecule has 0 radical (unpaired) electrons. The Morgan fingerprint density at radius 3 is 2.81 bits per heavy atom. The average Bonchev–Trinajstić information content (AvgIpc) is 3.07. The number of hydrogen-bond acceptors (Lipinski definition) is 6. The molecule has 0 fully saturated rings. The van der Waals surface area contributed by atoms with Crippen LogP contribution in [0, 0.1) is 0 Å². The third-order valence-electron chi connectivity index (χ3n) is 4.77. The number of aromatic nitrogens is 2. The van der Waals surface area contributed by atoms with Crippen molar-refractivity contribution in [3.05, 3.63) is 56.7 Å². The number of thioether (sulfide) groups is 1. The van der Waals surface area contributed by atoms with Gasteiger partial charge in [0, 0.05) is 4.88 Å². The molecule has 0 N–H and O–H groups in total. The Hall–Kier alpha value is -2.12. The summed E-state index contributed by atoms with van der Waals surface area (Å²) >= 11 is 2.89. The second kappa shape index (κ2) is 7.86. The van der Waals surface area contributed by atoms with Gasteiger partial charge in [0.25, 0.3) is 5.56 Å². The minimum absolute atomic E-state index is 0.00406. The van der Waals surface area contributed by atoms with Gasteiger partial charge in [0.05, 0.1) is 24.8 Å². The lowest BCUT2D eigenvalue weighted by molar-refractivity contribution is -0.137. The normalized spacial score (nSPS) is 13.5. The van der Waals surface area contributed by atoms with Crippen molar-refractivity contribution in [2.75, 3.05) is 12.9 Å². The maximum Gasteiger partial charge on any atom is 0.316 e. The molecule has 0 saturated heterocycles. The molecule has 2 heterocycles. The van der Waals surface area contributed by atoms with Crippen LogP contribution >= 0.6 is 23.1 Å². The Morgan fingerprint density at radius 2 is 2.04 bits per heavy atom. The molecule has 5 nitrogen and oxygen atoms in total. The Kier molecular flexibility index (Phi) is 5.31. The minimum atomic E-state index is -0.328. The fourth-order valence-electron chi connectivity index (χ4n) is 3.42. The van der Waals surface area contributed by atoms with E-state index in [1.807, 2.05) is 30.3 Å². The molecule has 0 unspecified atom stereocenters. The van der Waals surface area contributed by atoms with Gasteiger partial charge in [-0.3, -0.25) is 14.2 Å². The zero-order valence-corrected chi connectivity index (χ0v) is 16.7. The third-order valence-corrected chi connectivity index (χ3v) is 6.91. The van der Waals surface area contributed by atoms with Gasteiger partial charge in [-0.25, -0.2) is 4.98 Å². The molecule has 7 heteroatoms. The van der Waals surface area contributed by atoms with E-state index < -0.39 is 0 Å². The Bertz CT molecular complexity index is 1040. The van der Waals surface area contributed by atoms with E-state index in [1.54, 1.807) is 15.9 Å². The van der Waals surface area contributed by atoms with Crippen LogP contribution in [0.1, 0.15) is 28.8 Å². The van der Waals surface area contributed by atoms with Gasteiger partial charge in [-0.15, -0.1) is 11.3 Å². The summed E-state index contributed by atoms with van der Waals surface area (Å²) in [5, 5.41) is 1.34. The molecule has 140 valence electrons. The van der Waals surface area contributed by atoms with E-state index in [0.29, 0.717) is 11.7 Å². The van der Waals surface area contributed by atoms with Crippen LogP contribution in [0.5, 0.6) is 0 Å². The van der Waals surface area contributed by atoms with Gasteiger partial charge in [0.2, 0.25) is 0 Å². The molecule has 0 saturated carbocycles. The minimum Gasteiger partial charge on any atom is -0.468 e. The van der Waals surface area contributed by atoms with Crippen molar-refractivity contribution in [1.29, 1.82) is 0 Å². The van der Waals surface area contributed by atoms with Gasteiger partial charge in [0.1, 0.15) is 4.83 Å². The molecular formula is C20H20N2O3S2. The fraction of sp³-hybridized carbons (Fsp3) is 0.350. The number of benzene rings is 1. The number of fused-ring (bicyclic) bond motifs is 3.